The molecule has 0 aliphatic heterocycles. The SMILES string of the molecule is CC(=O)C(=O)OCCc1ccc(N(c2ccc(C)cc2)c2ccc(C)cc2)cc1. The lowest BCUT2D eigenvalue weighted by atomic mass is 10.1. The van der Waals surface area contributed by atoms with Crippen molar-refractivity contribution in [3.8, 4) is 0 Å². The van der Waals surface area contributed by atoms with Gasteiger partial charge in [-0.15, -0.1) is 0 Å². The maximum atomic E-state index is 11.3. The predicted molar refractivity (Wildman–Crippen MR) is 116 cm³/mol. The van der Waals surface area contributed by atoms with Crippen molar-refractivity contribution in [2.45, 2.75) is 27.2 Å². The Morgan fingerprint density at radius 1 is 0.724 bits per heavy atom. The van der Waals surface area contributed by atoms with Crippen LogP contribution in [-0.4, -0.2) is 18.4 Å². The zero-order valence-corrected chi connectivity index (χ0v) is 17.0. The minimum Gasteiger partial charge on any atom is -0.460 e. The second kappa shape index (κ2) is 9.20. The first-order valence-corrected chi connectivity index (χ1v) is 9.64. The first-order chi connectivity index (χ1) is 13.9. The summed E-state index contributed by atoms with van der Waals surface area (Å²) in [6, 6.07) is 25.0. The van der Waals surface area contributed by atoms with E-state index in [9.17, 15) is 9.59 Å². The molecule has 0 fully saturated rings. The fraction of sp³-hybridized carbons (Fsp3) is 0.200. The Balaban J connectivity index is 1.82. The van der Waals surface area contributed by atoms with Gasteiger partial charge in [0.2, 0.25) is 5.78 Å². The molecular weight excluding hydrogens is 362 g/mol. The van der Waals surface area contributed by atoms with Crippen LogP contribution in [0.15, 0.2) is 72.8 Å². The summed E-state index contributed by atoms with van der Waals surface area (Å²) in [7, 11) is 0. The molecule has 0 saturated heterocycles. The Morgan fingerprint density at radius 2 is 1.14 bits per heavy atom. The molecule has 3 aromatic carbocycles. The third kappa shape index (κ3) is 5.32. The van der Waals surface area contributed by atoms with Gasteiger partial charge in [0.05, 0.1) is 6.61 Å². The third-order valence-electron chi connectivity index (χ3n) is 4.69. The number of aryl methyl sites for hydroxylation is 2. The summed E-state index contributed by atoms with van der Waals surface area (Å²) in [5.74, 6) is -1.36. The average Bonchev–Trinajstić information content (AvgIpc) is 2.72. The van der Waals surface area contributed by atoms with E-state index < -0.39 is 11.8 Å². The first kappa shape index (κ1) is 20.3. The summed E-state index contributed by atoms with van der Waals surface area (Å²) >= 11 is 0. The van der Waals surface area contributed by atoms with E-state index in [2.05, 4.69) is 79.4 Å². The third-order valence-corrected chi connectivity index (χ3v) is 4.69. The molecule has 3 aromatic rings. The lowest BCUT2D eigenvalue weighted by Gasteiger charge is -2.26. The van der Waals surface area contributed by atoms with Crippen LogP contribution in [0.1, 0.15) is 23.6 Å². The highest BCUT2D eigenvalue weighted by Crippen LogP contribution is 2.34. The van der Waals surface area contributed by atoms with Gasteiger partial charge in [0.1, 0.15) is 0 Å². The van der Waals surface area contributed by atoms with Gasteiger partial charge >= 0.3 is 5.97 Å². The molecule has 4 heteroatoms. The standard InChI is InChI=1S/C25H25NO3/c1-18-4-10-22(11-5-18)26(23-12-6-19(2)7-13-23)24-14-8-21(9-15-24)16-17-29-25(28)20(3)27/h4-15H,16-17H2,1-3H3. The monoisotopic (exact) mass is 387 g/mol. The van der Waals surface area contributed by atoms with Crippen LogP contribution in [-0.2, 0) is 20.7 Å². The van der Waals surface area contributed by atoms with Crippen LogP contribution >= 0.6 is 0 Å². The summed E-state index contributed by atoms with van der Waals surface area (Å²) in [4.78, 5) is 24.4. The molecule has 0 aromatic heterocycles. The highest BCUT2D eigenvalue weighted by Gasteiger charge is 2.13. The van der Waals surface area contributed by atoms with E-state index in [1.54, 1.807) is 0 Å². The molecule has 29 heavy (non-hydrogen) atoms. The van der Waals surface area contributed by atoms with Crippen molar-refractivity contribution in [2.75, 3.05) is 11.5 Å². The number of benzene rings is 3. The van der Waals surface area contributed by atoms with Gasteiger partial charge in [-0.1, -0.05) is 47.5 Å². The van der Waals surface area contributed by atoms with Crippen molar-refractivity contribution in [1.82, 2.24) is 0 Å². The summed E-state index contributed by atoms with van der Waals surface area (Å²) in [5.41, 5.74) is 6.69. The fourth-order valence-electron chi connectivity index (χ4n) is 3.01. The minimum atomic E-state index is -0.786. The molecule has 0 aliphatic carbocycles. The van der Waals surface area contributed by atoms with Crippen molar-refractivity contribution < 1.29 is 14.3 Å². The van der Waals surface area contributed by atoms with Crippen molar-refractivity contribution in [3.63, 3.8) is 0 Å². The zero-order chi connectivity index (χ0) is 20.8. The van der Waals surface area contributed by atoms with Crippen LogP contribution in [0.3, 0.4) is 0 Å². The van der Waals surface area contributed by atoms with E-state index in [0.29, 0.717) is 6.42 Å². The number of ether oxygens (including phenoxy) is 1. The van der Waals surface area contributed by atoms with E-state index in [1.165, 1.54) is 18.1 Å². The lowest BCUT2D eigenvalue weighted by Crippen LogP contribution is -2.15. The number of Topliss-reactive ketones (excluding diaryl/α,β-unsaturated/α-hetero) is 1. The molecule has 0 amide bonds. The van der Waals surface area contributed by atoms with Crippen molar-refractivity contribution >= 4 is 28.8 Å². The molecule has 0 unspecified atom stereocenters. The number of anilines is 3. The highest BCUT2D eigenvalue weighted by molar-refractivity contribution is 6.32. The molecule has 3 rings (SSSR count). The average molecular weight is 387 g/mol. The second-order valence-corrected chi connectivity index (χ2v) is 7.12. The summed E-state index contributed by atoms with van der Waals surface area (Å²) in [6.07, 6.45) is 0.564. The second-order valence-electron chi connectivity index (χ2n) is 7.12. The minimum absolute atomic E-state index is 0.192. The summed E-state index contributed by atoms with van der Waals surface area (Å²) < 4.78 is 4.95. The van der Waals surface area contributed by atoms with Gasteiger partial charge in [0, 0.05) is 30.4 Å². The highest BCUT2D eigenvalue weighted by atomic mass is 16.5. The maximum absolute atomic E-state index is 11.3. The summed E-state index contributed by atoms with van der Waals surface area (Å²) in [6.45, 7) is 5.56. The number of carbonyl (C=O) groups excluding carboxylic acids is 2. The largest absolute Gasteiger partial charge is 0.460 e. The zero-order valence-electron chi connectivity index (χ0n) is 17.0. The molecule has 0 atom stereocenters. The Bertz CT molecular complexity index is 929. The van der Waals surface area contributed by atoms with E-state index in [4.69, 9.17) is 4.74 Å². The Hall–Kier alpha value is -3.40. The summed E-state index contributed by atoms with van der Waals surface area (Å²) in [5, 5.41) is 0. The molecule has 0 spiro atoms. The van der Waals surface area contributed by atoms with E-state index >= 15 is 0 Å². The normalized spacial score (nSPS) is 10.4. The Labute approximate surface area is 171 Å². The number of hydrogen-bond acceptors (Lipinski definition) is 4. The van der Waals surface area contributed by atoms with Gasteiger partial charge in [0.25, 0.3) is 0 Å². The van der Waals surface area contributed by atoms with E-state index in [0.717, 1.165) is 22.6 Å². The van der Waals surface area contributed by atoms with Crippen molar-refractivity contribution in [2.24, 2.45) is 0 Å². The van der Waals surface area contributed by atoms with Crippen molar-refractivity contribution in [1.29, 1.82) is 0 Å². The Morgan fingerprint density at radius 3 is 1.55 bits per heavy atom. The predicted octanol–water partition coefficient (Wildman–Crippen LogP) is 5.45. The van der Waals surface area contributed by atoms with Crippen LogP contribution in [0.2, 0.25) is 0 Å². The molecular formula is C25H25NO3. The number of carbonyl (C=O) groups is 2. The molecule has 0 heterocycles. The van der Waals surface area contributed by atoms with Crippen LogP contribution < -0.4 is 4.90 Å². The molecule has 0 radical (unpaired) electrons. The van der Waals surface area contributed by atoms with Gasteiger partial charge in [-0.25, -0.2) is 4.79 Å². The molecule has 0 aliphatic rings. The fourth-order valence-corrected chi connectivity index (χ4v) is 3.01. The maximum Gasteiger partial charge on any atom is 0.374 e. The van der Waals surface area contributed by atoms with Gasteiger partial charge < -0.3 is 9.64 Å². The van der Waals surface area contributed by atoms with Crippen LogP contribution in [0, 0.1) is 13.8 Å². The Kier molecular flexibility index (Phi) is 6.45. The first-order valence-electron chi connectivity index (χ1n) is 9.64. The van der Waals surface area contributed by atoms with Gasteiger partial charge in [0.15, 0.2) is 0 Å². The number of esters is 1. The van der Waals surface area contributed by atoms with Gasteiger partial charge in [-0.2, -0.15) is 0 Å². The van der Waals surface area contributed by atoms with Crippen LogP contribution in [0.25, 0.3) is 0 Å². The van der Waals surface area contributed by atoms with Gasteiger partial charge in [-0.3, -0.25) is 4.79 Å². The molecule has 148 valence electrons. The molecule has 0 saturated carbocycles. The molecule has 0 N–H and O–H groups in total. The van der Waals surface area contributed by atoms with Crippen molar-refractivity contribution in [3.05, 3.63) is 89.5 Å². The topological polar surface area (TPSA) is 46.6 Å². The van der Waals surface area contributed by atoms with E-state index in [-0.39, 0.29) is 6.61 Å². The van der Waals surface area contributed by atoms with Crippen LogP contribution in [0.5, 0.6) is 0 Å². The molecule has 0 bridgehead atoms. The number of ketones is 1. The molecule has 4 nitrogen and oxygen atoms in total. The van der Waals surface area contributed by atoms with Gasteiger partial charge in [-0.05, 0) is 55.8 Å². The van der Waals surface area contributed by atoms with E-state index in [1.807, 2.05) is 12.1 Å². The quantitative estimate of drug-likeness (QED) is 0.400. The number of nitrogens with zero attached hydrogens (tertiary/aromatic N) is 1. The number of hydrogen-bond donors (Lipinski definition) is 0. The van der Waals surface area contributed by atoms with Crippen LogP contribution in [0.4, 0.5) is 17.1 Å². The smallest absolute Gasteiger partial charge is 0.374 e. The number of rotatable bonds is 7. The lowest BCUT2D eigenvalue weighted by molar-refractivity contribution is -0.152.